The largest absolute Gasteiger partial charge is 0.493 e. The van der Waals surface area contributed by atoms with Crippen molar-refractivity contribution in [2.45, 2.75) is 26.7 Å². The summed E-state index contributed by atoms with van der Waals surface area (Å²) in [5.41, 5.74) is 2.24. The van der Waals surface area contributed by atoms with E-state index >= 15 is 0 Å². The highest BCUT2D eigenvalue weighted by Gasteiger charge is 2.14. The summed E-state index contributed by atoms with van der Waals surface area (Å²) in [4.78, 5) is 12.5. The Morgan fingerprint density at radius 3 is 2.73 bits per heavy atom. The molecule has 3 nitrogen and oxygen atoms in total. The van der Waals surface area contributed by atoms with Crippen LogP contribution in [0.3, 0.4) is 0 Å². The number of anilines is 1. The van der Waals surface area contributed by atoms with Crippen LogP contribution in [0.15, 0.2) is 42.5 Å². The molecular weight excluding hydrogens is 298 g/mol. The first-order valence-corrected chi connectivity index (χ1v) is 7.79. The third kappa shape index (κ3) is 4.25. The van der Waals surface area contributed by atoms with E-state index in [0.29, 0.717) is 22.9 Å². The average molecular weight is 318 g/mol. The van der Waals surface area contributed by atoms with Crippen LogP contribution in [0.4, 0.5) is 5.69 Å². The summed E-state index contributed by atoms with van der Waals surface area (Å²) >= 11 is 6.02. The molecule has 2 aromatic rings. The zero-order valence-corrected chi connectivity index (χ0v) is 13.6. The molecule has 1 amide bonds. The first kappa shape index (κ1) is 16.4. The lowest BCUT2D eigenvalue weighted by atomic mass is 10.1. The Balaban J connectivity index is 2.20. The molecule has 0 saturated heterocycles. The minimum Gasteiger partial charge on any atom is -0.493 e. The number of carbonyl (C=O) groups excluding carboxylic acids is 1. The number of aryl methyl sites for hydroxylation is 1. The van der Waals surface area contributed by atoms with Crippen LogP contribution < -0.4 is 10.1 Å². The summed E-state index contributed by atoms with van der Waals surface area (Å²) in [6.45, 7) is 4.63. The van der Waals surface area contributed by atoms with Gasteiger partial charge in [0.25, 0.3) is 5.91 Å². The van der Waals surface area contributed by atoms with Crippen LogP contribution in [0, 0.1) is 6.92 Å². The number of halogens is 1. The Morgan fingerprint density at radius 1 is 1.23 bits per heavy atom. The minimum absolute atomic E-state index is 0.219. The number of benzene rings is 2. The second-order valence-corrected chi connectivity index (χ2v) is 5.55. The van der Waals surface area contributed by atoms with Gasteiger partial charge < -0.3 is 10.1 Å². The molecule has 0 heterocycles. The van der Waals surface area contributed by atoms with Gasteiger partial charge in [-0.3, -0.25) is 4.79 Å². The molecule has 0 spiro atoms. The lowest BCUT2D eigenvalue weighted by molar-refractivity contribution is 0.102. The van der Waals surface area contributed by atoms with Gasteiger partial charge in [0.05, 0.1) is 12.2 Å². The van der Waals surface area contributed by atoms with Gasteiger partial charge >= 0.3 is 0 Å². The Bertz CT molecular complexity index is 655. The summed E-state index contributed by atoms with van der Waals surface area (Å²) in [5.74, 6) is 0.340. The molecule has 0 unspecified atom stereocenters. The third-order valence-corrected chi connectivity index (χ3v) is 3.57. The van der Waals surface area contributed by atoms with Crippen molar-refractivity contribution >= 4 is 23.2 Å². The van der Waals surface area contributed by atoms with Gasteiger partial charge in [-0.25, -0.2) is 0 Å². The topological polar surface area (TPSA) is 38.3 Å². The van der Waals surface area contributed by atoms with E-state index in [0.717, 1.165) is 24.1 Å². The molecule has 0 radical (unpaired) electrons. The van der Waals surface area contributed by atoms with Gasteiger partial charge in [-0.2, -0.15) is 0 Å². The Kier molecular flexibility index (Phi) is 5.84. The standard InChI is InChI=1S/C18H20ClNO2/c1-3-4-11-22-17-10-9-14(19)12-15(17)18(21)20-16-8-6-5-7-13(16)2/h5-10,12H,3-4,11H2,1-2H3,(H,20,21). The van der Waals surface area contributed by atoms with E-state index < -0.39 is 0 Å². The van der Waals surface area contributed by atoms with Crippen molar-refractivity contribution in [3.63, 3.8) is 0 Å². The second kappa shape index (κ2) is 7.85. The molecular formula is C18H20ClNO2. The van der Waals surface area contributed by atoms with E-state index in [-0.39, 0.29) is 5.91 Å². The zero-order chi connectivity index (χ0) is 15.9. The number of nitrogens with one attached hydrogen (secondary N) is 1. The fourth-order valence-corrected chi connectivity index (χ4v) is 2.21. The van der Waals surface area contributed by atoms with Gasteiger partial charge in [0.1, 0.15) is 5.75 Å². The predicted molar refractivity (Wildman–Crippen MR) is 91.0 cm³/mol. The lowest BCUT2D eigenvalue weighted by Crippen LogP contribution is -2.14. The highest BCUT2D eigenvalue weighted by Crippen LogP contribution is 2.25. The van der Waals surface area contributed by atoms with Crippen molar-refractivity contribution in [2.75, 3.05) is 11.9 Å². The smallest absolute Gasteiger partial charge is 0.259 e. The summed E-state index contributed by atoms with van der Waals surface area (Å²) in [7, 11) is 0. The molecule has 0 aromatic heterocycles. The molecule has 2 rings (SSSR count). The van der Waals surface area contributed by atoms with Gasteiger partial charge in [-0.15, -0.1) is 0 Å². The summed E-state index contributed by atoms with van der Waals surface area (Å²) in [5, 5.41) is 3.42. The van der Waals surface area contributed by atoms with Crippen LogP contribution in [0.2, 0.25) is 5.02 Å². The van der Waals surface area contributed by atoms with Crippen molar-refractivity contribution < 1.29 is 9.53 Å². The molecule has 0 aliphatic carbocycles. The van der Waals surface area contributed by atoms with Gasteiger partial charge in [0.2, 0.25) is 0 Å². The first-order chi connectivity index (χ1) is 10.6. The lowest BCUT2D eigenvalue weighted by Gasteiger charge is -2.13. The number of carbonyl (C=O) groups is 1. The summed E-state index contributed by atoms with van der Waals surface area (Å²) < 4.78 is 5.70. The predicted octanol–water partition coefficient (Wildman–Crippen LogP) is 5.08. The van der Waals surface area contributed by atoms with Crippen molar-refractivity contribution in [3.05, 3.63) is 58.6 Å². The first-order valence-electron chi connectivity index (χ1n) is 7.41. The Morgan fingerprint density at radius 2 is 2.00 bits per heavy atom. The van der Waals surface area contributed by atoms with Crippen LogP contribution in [0.25, 0.3) is 0 Å². The molecule has 0 bridgehead atoms. The molecule has 0 saturated carbocycles. The minimum atomic E-state index is -0.219. The van der Waals surface area contributed by atoms with Crippen LogP contribution in [0.5, 0.6) is 5.75 Å². The fourth-order valence-electron chi connectivity index (χ4n) is 2.03. The highest BCUT2D eigenvalue weighted by molar-refractivity contribution is 6.31. The van der Waals surface area contributed by atoms with Crippen LogP contribution in [-0.2, 0) is 0 Å². The van der Waals surface area contributed by atoms with Gasteiger partial charge in [-0.1, -0.05) is 43.1 Å². The number of unbranched alkanes of at least 4 members (excludes halogenated alkanes) is 1. The SMILES string of the molecule is CCCCOc1ccc(Cl)cc1C(=O)Nc1ccccc1C. The van der Waals surface area contributed by atoms with E-state index in [4.69, 9.17) is 16.3 Å². The summed E-state index contributed by atoms with van der Waals surface area (Å²) in [6, 6.07) is 12.7. The highest BCUT2D eigenvalue weighted by atomic mass is 35.5. The maximum Gasteiger partial charge on any atom is 0.259 e. The molecule has 4 heteroatoms. The van der Waals surface area contributed by atoms with Crippen LogP contribution in [0.1, 0.15) is 35.7 Å². The zero-order valence-electron chi connectivity index (χ0n) is 12.9. The Labute approximate surface area is 136 Å². The van der Waals surface area contributed by atoms with Crippen molar-refractivity contribution in [1.29, 1.82) is 0 Å². The van der Waals surface area contributed by atoms with Crippen LogP contribution >= 0.6 is 11.6 Å². The average Bonchev–Trinajstić information content (AvgIpc) is 2.51. The molecule has 0 aliphatic rings. The molecule has 0 fully saturated rings. The van der Waals surface area contributed by atoms with E-state index in [9.17, 15) is 4.79 Å². The Hall–Kier alpha value is -2.00. The van der Waals surface area contributed by atoms with Crippen molar-refractivity contribution in [2.24, 2.45) is 0 Å². The van der Waals surface area contributed by atoms with Gasteiger partial charge in [0, 0.05) is 10.7 Å². The molecule has 2 aromatic carbocycles. The number of rotatable bonds is 6. The van der Waals surface area contributed by atoms with E-state index in [1.54, 1.807) is 18.2 Å². The molecule has 1 N–H and O–H groups in total. The number of amides is 1. The normalized spacial score (nSPS) is 10.3. The van der Waals surface area contributed by atoms with Crippen molar-refractivity contribution in [1.82, 2.24) is 0 Å². The number of ether oxygens (including phenoxy) is 1. The fraction of sp³-hybridized carbons (Fsp3) is 0.278. The van der Waals surface area contributed by atoms with Crippen molar-refractivity contribution in [3.8, 4) is 5.75 Å². The maximum absolute atomic E-state index is 12.5. The molecule has 116 valence electrons. The quantitative estimate of drug-likeness (QED) is 0.754. The van der Waals surface area contributed by atoms with Gasteiger partial charge in [-0.05, 0) is 43.2 Å². The van der Waals surface area contributed by atoms with E-state index in [1.165, 1.54) is 0 Å². The van der Waals surface area contributed by atoms with Gasteiger partial charge in [0.15, 0.2) is 0 Å². The monoisotopic (exact) mass is 317 g/mol. The molecule has 22 heavy (non-hydrogen) atoms. The number of hydrogen-bond donors (Lipinski definition) is 1. The third-order valence-electron chi connectivity index (χ3n) is 3.33. The molecule has 0 aliphatic heterocycles. The second-order valence-electron chi connectivity index (χ2n) is 5.11. The summed E-state index contributed by atoms with van der Waals surface area (Å²) in [6.07, 6.45) is 1.99. The van der Waals surface area contributed by atoms with Crippen LogP contribution in [-0.4, -0.2) is 12.5 Å². The van der Waals surface area contributed by atoms with E-state index in [1.807, 2.05) is 31.2 Å². The maximum atomic E-state index is 12.5. The number of hydrogen-bond acceptors (Lipinski definition) is 2. The van der Waals surface area contributed by atoms with E-state index in [2.05, 4.69) is 12.2 Å². The number of para-hydroxylation sites is 1. The molecule has 0 atom stereocenters.